The average molecular weight is 273 g/mol. The van der Waals surface area contributed by atoms with Crippen molar-refractivity contribution in [1.29, 1.82) is 0 Å². The van der Waals surface area contributed by atoms with Gasteiger partial charge < -0.3 is 18.9 Å². The van der Waals surface area contributed by atoms with Gasteiger partial charge in [-0.2, -0.15) is 0 Å². The van der Waals surface area contributed by atoms with Gasteiger partial charge in [-0.05, 0) is 6.42 Å². The van der Waals surface area contributed by atoms with Crippen molar-refractivity contribution in [2.45, 2.75) is 37.0 Å². The van der Waals surface area contributed by atoms with Crippen LogP contribution < -0.4 is 0 Å². The van der Waals surface area contributed by atoms with Gasteiger partial charge in [0.25, 0.3) is 0 Å². The lowest BCUT2D eigenvalue weighted by atomic mass is 9.93. The monoisotopic (exact) mass is 273 g/mol. The summed E-state index contributed by atoms with van der Waals surface area (Å²) in [5, 5.41) is 0. The van der Waals surface area contributed by atoms with Gasteiger partial charge in [-0.15, -0.1) is 0 Å². The molecular formula is C14H27NO4. The largest absolute Gasteiger partial charge is 0.383 e. The zero-order valence-electron chi connectivity index (χ0n) is 12.4. The lowest BCUT2D eigenvalue weighted by Gasteiger charge is -2.40. The molecule has 2 saturated heterocycles. The van der Waals surface area contributed by atoms with E-state index in [9.17, 15) is 0 Å². The van der Waals surface area contributed by atoms with Gasteiger partial charge in [-0.25, -0.2) is 0 Å². The SMILES string of the molecule is COC[C@@H]1C[C@@H](OC)CN1CC1(OC)CCOCC1. The Balaban J connectivity index is 1.98. The van der Waals surface area contributed by atoms with E-state index in [4.69, 9.17) is 18.9 Å². The van der Waals surface area contributed by atoms with E-state index in [0.717, 1.165) is 52.2 Å². The van der Waals surface area contributed by atoms with Crippen molar-refractivity contribution in [3.8, 4) is 0 Å². The first-order valence-corrected chi connectivity index (χ1v) is 7.11. The van der Waals surface area contributed by atoms with Crippen molar-refractivity contribution < 1.29 is 18.9 Å². The van der Waals surface area contributed by atoms with Crippen molar-refractivity contribution >= 4 is 0 Å². The van der Waals surface area contributed by atoms with Crippen LogP contribution in [0.25, 0.3) is 0 Å². The molecule has 5 heteroatoms. The van der Waals surface area contributed by atoms with Crippen molar-refractivity contribution in [2.24, 2.45) is 0 Å². The topological polar surface area (TPSA) is 40.2 Å². The third kappa shape index (κ3) is 3.67. The molecule has 2 atom stereocenters. The van der Waals surface area contributed by atoms with Gasteiger partial charge in [-0.1, -0.05) is 0 Å². The second kappa shape index (κ2) is 6.99. The predicted molar refractivity (Wildman–Crippen MR) is 72.4 cm³/mol. The first-order valence-electron chi connectivity index (χ1n) is 7.11. The summed E-state index contributed by atoms with van der Waals surface area (Å²) < 4.78 is 22.1. The number of rotatable bonds is 6. The molecule has 0 aliphatic carbocycles. The fourth-order valence-corrected chi connectivity index (χ4v) is 3.21. The van der Waals surface area contributed by atoms with Crippen LogP contribution in [0.5, 0.6) is 0 Å². The molecule has 0 unspecified atom stereocenters. The van der Waals surface area contributed by atoms with Crippen LogP contribution in [0.3, 0.4) is 0 Å². The van der Waals surface area contributed by atoms with Crippen LogP contribution in [-0.4, -0.2) is 76.9 Å². The molecule has 19 heavy (non-hydrogen) atoms. The first kappa shape index (κ1) is 15.2. The number of methoxy groups -OCH3 is 3. The average Bonchev–Trinajstić information content (AvgIpc) is 2.82. The van der Waals surface area contributed by atoms with Crippen LogP contribution in [0.2, 0.25) is 0 Å². The van der Waals surface area contributed by atoms with Crippen molar-refractivity contribution in [3.05, 3.63) is 0 Å². The van der Waals surface area contributed by atoms with Crippen molar-refractivity contribution in [3.63, 3.8) is 0 Å². The fourth-order valence-electron chi connectivity index (χ4n) is 3.21. The molecule has 0 spiro atoms. The molecule has 0 aromatic rings. The maximum Gasteiger partial charge on any atom is 0.0848 e. The van der Waals surface area contributed by atoms with Crippen molar-refractivity contribution in [1.82, 2.24) is 4.90 Å². The summed E-state index contributed by atoms with van der Waals surface area (Å²) in [5.41, 5.74) is -0.0626. The van der Waals surface area contributed by atoms with Gasteiger partial charge in [0.1, 0.15) is 0 Å². The minimum absolute atomic E-state index is 0.0626. The highest BCUT2D eigenvalue weighted by atomic mass is 16.5. The van der Waals surface area contributed by atoms with Crippen LogP contribution in [0.1, 0.15) is 19.3 Å². The lowest BCUT2D eigenvalue weighted by molar-refractivity contribution is -0.108. The molecule has 0 bridgehead atoms. The van der Waals surface area contributed by atoms with Gasteiger partial charge in [0.2, 0.25) is 0 Å². The zero-order chi connectivity index (χ0) is 13.7. The number of ether oxygens (including phenoxy) is 4. The Morgan fingerprint density at radius 3 is 2.53 bits per heavy atom. The van der Waals surface area contributed by atoms with Gasteiger partial charge in [0.05, 0.1) is 18.3 Å². The van der Waals surface area contributed by atoms with Gasteiger partial charge in [-0.3, -0.25) is 4.90 Å². The molecule has 0 radical (unpaired) electrons. The zero-order valence-corrected chi connectivity index (χ0v) is 12.4. The van der Waals surface area contributed by atoms with Gasteiger partial charge >= 0.3 is 0 Å². The van der Waals surface area contributed by atoms with E-state index in [1.54, 1.807) is 14.2 Å². The predicted octanol–water partition coefficient (Wildman–Crippen LogP) is 0.918. The molecule has 0 N–H and O–H groups in total. The maximum atomic E-state index is 5.83. The molecule has 2 fully saturated rings. The number of likely N-dealkylation sites (tertiary alicyclic amines) is 1. The standard InChI is InChI=1S/C14H27NO4/c1-16-10-12-8-13(17-2)9-15(12)11-14(18-3)4-6-19-7-5-14/h12-13H,4-11H2,1-3H3/t12-,13+/m0/s1. The summed E-state index contributed by atoms with van der Waals surface area (Å²) in [6.07, 6.45) is 3.30. The second-order valence-electron chi connectivity index (χ2n) is 5.63. The third-order valence-electron chi connectivity index (χ3n) is 4.51. The van der Waals surface area contributed by atoms with Crippen LogP contribution in [0.4, 0.5) is 0 Å². The first-order chi connectivity index (χ1) is 9.23. The van der Waals surface area contributed by atoms with Gasteiger partial charge in [0.15, 0.2) is 0 Å². The molecule has 2 heterocycles. The summed E-state index contributed by atoms with van der Waals surface area (Å²) in [7, 11) is 5.37. The Labute approximate surface area is 116 Å². The van der Waals surface area contributed by atoms with E-state index in [1.807, 2.05) is 7.11 Å². The van der Waals surface area contributed by atoms with E-state index in [-0.39, 0.29) is 5.60 Å². The summed E-state index contributed by atoms with van der Waals surface area (Å²) in [5.74, 6) is 0. The molecule has 2 aliphatic rings. The Morgan fingerprint density at radius 1 is 1.21 bits per heavy atom. The molecule has 0 amide bonds. The number of hydrogen-bond donors (Lipinski definition) is 0. The van der Waals surface area contributed by atoms with E-state index >= 15 is 0 Å². The quantitative estimate of drug-likeness (QED) is 0.719. The van der Waals surface area contributed by atoms with Crippen LogP contribution >= 0.6 is 0 Å². The van der Waals surface area contributed by atoms with Gasteiger partial charge in [0, 0.05) is 66.5 Å². The minimum Gasteiger partial charge on any atom is -0.383 e. The smallest absolute Gasteiger partial charge is 0.0848 e. The molecular weight excluding hydrogens is 246 g/mol. The molecule has 0 aromatic heterocycles. The Kier molecular flexibility index (Phi) is 5.59. The molecule has 2 rings (SSSR count). The fraction of sp³-hybridized carbons (Fsp3) is 1.00. The molecule has 0 aromatic carbocycles. The molecule has 2 aliphatic heterocycles. The van der Waals surface area contributed by atoms with E-state index in [2.05, 4.69) is 4.90 Å². The summed E-state index contributed by atoms with van der Waals surface area (Å²) in [6.45, 7) is 4.27. The third-order valence-corrected chi connectivity index (χ3v) is 4.51. The Hall–Kier alpha value is -0.200. The minimum atomic E-state index is -0.0626. The van der Waals surface area contributed by atoms with Crippen LogP contribution in [-0.2, 0) is 18.9 Å². The summed E-state index contributed by atoms with van der Waals surface area (Å²) in [6, 6.07) is 0.435. The van der Waals surface area contributed by atoms with Crippen LogP contribution in [0, 0.1) is 0 Å². The van der Waals surface area contributed by atoms with E-state index in [1.165, 1.54) is 0 Å². The van der Waals surface area contributed by atoms with E-state index in [0.29, 0.717) is 12.1 Å². The highest BCUT2D eigenvalue weighted by Crippen LogP contribution is 2.29. The normalized spacial score (nSPS) is 31.7. The van der Waals surface area contributed by atoms with Crippen molar-refractivity contribution in [2.75, 3.05) is 54.2 Å². The lowest BCUT2D eigenvalue weighted by Crippen LogP contribution is -2.50. The summed E-state index contributed by atoms with van der Waals surface area (Å²) >= 11 is 0. The maximum absolute atomic E-state index is 5.83. The Bertz CT molecular complexity index is 268. The Morgan fingerprint density at radius 2 is 1.95 bits per heavy atom. The number of hydrogen-bond acceptors (Lipinski definition) is 5. The summed E-state index contributed by atoms with van der Waals surface area (Å²) in [4.78, 5) is 2.46. The van der Waals surface area contributed by atoms with E-state index < -0.39 is 0 Å². The molecule has 5 nitrogen and oxygen atoms in total. The van der Waals surface area contributed by atoms with Crippen LogP contribution in [0.15, 0.2) is 0 Å². The highest BCUT2D eigenvalue weighted by Gasteiger charge is 2.40. The molecule has 0 saturated carbocycles. The molecule has 112 valence electrons. The highest BCUT2D eigenvalue weighted by molar-refractivity contribution is 4.93. The number of nitrogens with zero attached hydrogens (tertiary/aromatic N) is 1. The second-order valence-corrected chi connectivity index (χ2v) is 5.63.